The lowest BCUT2D eigenvalue weighted by Crippen LogP contribution is -2.51. The molecule has 0 amide bonds. The molecule has 0 heterocycles. The number of rotatable bonds is 5. The van der Waals surface area contributed by atoms with E-state index in [1.165, 1.54) is 44.1 Å². The van der Waals surface area contributed by atoms with Crippen LogP contribution < -0.4 is 5.73 Å². The van der Waals surface area contributed by atoms with Gasteiger partial charge in [0.2, 0.25) is 0 Å². The van der Waals surface area contributed by atoms with Crippen molar-refractivity contribution in [3.05, 3.63) is 23.8 Å². The molecule has 4 aliphatic carbocycles. The zero-order valence-corrected chi connectivity index (χ0v) is 17.7. The van der Waals surface area contributed by atoms with Gasteiger partial charge < -0.3 is 15.7 Å². The van der Waals surface area contributed by atoms with Gasteiger partial charge in [0.05, 0.1) is 11.8 Å². The van der Waals surface area contributed by atoms with E-state index in [9.17, 15) is 5.11 Å². The standard InChI is InChI=1S/C24H38N2O2/c1-22-9-3-5-20(22)19-7-6-18-17-24(27,10-4-15-26-28-16-14-25)13-12-23(18,2)21(19)8-11-22/h4,6,10,15,19-21,27H,3,5,7-9,11-14,16-17,25H2,1-2H3/b10-4+,26-15+/t19-,20-,21-,22-,23-,24-/m0/s1. The summed E-state index contributed by atoms with van der Waals surface area (Å²) in [5.41, 5.74) is 7.01. The lowest BCUT2D eigenvalue weighted by atomic mass is 9.47. The molecular formula is C24H38N2O2. The van der Waals surface area contributed by atoms with Gasteiger partial charge in [-0.15, -0.1) is 0 Å². The molecule has 3 saturated carbocycles. The van der Waals surface area contributed by atoms with Crippen LogP contribution >= 0.6 is 0 Å². The molecule has 3 N–H and O–H groups in total. The minimum atomic E-state index is -0.755. The van der Waals surface area contributed by atoms with E-state index in [1.54, 1.807) is 6.21 Å². The van der Waals surface area contributed by atoms with Crippen LogP contribution in [0.3, 0.4) is 0 Å². The molecule has 4 rings (SSSR count). The SMILES string of the molecule is C[C@@]12CCC[C@H]1[C@@H]1CC=C3C[C@](O)(/C=C/C=N/OCCN)CC[C@]3(C)[C@H]1CC2. The van der Waals surface area contributed by atoms with Gasteiger partial charge in [-0.3, -0.25) is 0 Å². The van der Waals surface area contributed by atoms with E-state index in [-0.39, 0.29) is 5.41 Å². The molecule has 0 unspecified atom stereocenters. The number of oxime groups is 1. The van der Waals surface area contributed by atoms with Crippen molar-refractivity contribution < 1.29 is 9.94 Å². The molecule has 4 nitrogen and oxygen atoms in total. The minimum Gasteiger partial charge on any atom is -0.394 e. The van der Waals surface area contributed by atoms with Crippen LogP contribution in [0.1, 0.15) is 71.6 Å². The summed E-state index contributed by atoms with van der Waals surface area (Å²) in [6.07, 6.45) is 18.9. The lowest BCUT2D eigenvalue weighted by Gasteiger charge is -2.58. The van der Waals surface area contributed by atoms with Crippen LogP contribution in [0.2, 0.25) is 0 Å². The van der Waals surface area contributed by atoms with Gasteiger partial charge in [-0.2, -0.15) is 0 Å². The number of allylic oxidation sites excluding steroid dienone is 2. The molecule has 156 valence electrons. The molecule has 0 spiro atoms. The minimum absolute atomic E-state index is 0.283. The zero-order chi connectivity index (χ0) is 19.8. The summed E-state index contributed by atoms with van der Waals surface area (Å²) in [7, 11) is 0. The third kappa shape index (κ3) is 3.47. The van der Waals surface area contributed by atoms with Crippen LogP contribution in [-0.2, 0) is 4.84 Å². The van der Waals surface area contributed by atoms with Crippen molar-refractivity contribution >= 4 is 6.21 Å². The molecule has 3 fully saturated rings. The Bertz CT molecular complexity index is 672. The lowest BCUT2D eigenvalue weighted by molar-refractivity contribution is -0.0486. The maximum absolute atomic E-state index is 11.2. The first-order chi connectivity index (χ1) is 13.4. The number of fused-ring (bicyclic) bond motifs is 5. The Balaban J connectivity index is 1.47. The second-order valence-corrected chi connectivity index (χ2v) is 10.4. The summed E-state index contributed by atoms with van der Waals surface area (Å²) in [5.74, 6) is 2.60. The normalized spacial score (nSPS) is 45.6. The summed E-state index contributed by atoms with van der Waals surface area (Å²) >= 11 is 0. The average Bonchev–Trinajstić information content (AvgIpc) is 3.07. The van der Waals surface area contributed by atoms with Gasteiger partial charge in [0.25, 0.3) is 0 Å². The van der Waals surface area contributed by atoms with Crippen molar-refractivity contribution in [3.8, 4) is 0 Å². The van der Waals surface area contributed by atoms with E-state index in [0.29, 0.717) is 18.6 Å². The van der Waals surface area contributed by atoms with Crippen LogP contribution in [0.15, 0.2) is 29.0 Å². The first kappa shape index (κ1) is 20.2. The highest BCUT2D eigenvalue weighted by atomic mass is 16.6. The third-order valence-electron chi connectivity index (χ3n) is 8.82. The maximum Gasteiger partial charge on any atom is 0.129 e. The monoisotopic (exact) mass is 386 g/mol. The number of nitrogens with zero attached hydrogens (tertiary/aromatic N) is 1. The van der Waals surface area contributed by atoms with Gasteiger partial charge in [0, 0.05) is 13.0 Å². The highest BCUT2D eigenvalue weighted by molar-refractivity contribution is 5.70. The van der Waals surface area contributed by atoms with Gasteiger partial charge in [-0.1, -0.05) is 43.1 Å². The number of nitrogens with two attached hydrogens (primary N) is 1. The van der Waals surface area contributed by atoms with Crippen LogP contribution in [0.4, 0.5) is 0 Å². The van der Waals surface area contributed by atoms with Crippen molar-refractivity contribution in [2.45, 2.75) is 77.2 Å². The van der Waals surface area contributed by atoms with Gasteiger partial charge in [-0.05, 0) is 79.6 Å². The molecule has 0 aliphatic heterocycles. The molecule has 0 bridgehead atoms. The fraction of sp³-hybridized carbons (Fsp3) is 0.792. The molecular weight excluding hydrogens is 348 g/mol. The van der Waals surface area contributed by atoms with Crippen molar-refractivity contribution in [1.29, 1.82) is 0 Å². The Morgan fingerprint density at radius 1 is 1.21 bits per heavy atom. The van der Waals surface area contributed by atoms with Crippen LogP contribution in [0, 0.1) is 28.6 Å². The Labute approximate surface area is 170 Å². The van der Waals surface area contributed by atoms with Gasteiger partial charge in [-0.25, -0.2) is 0 Å². The topological polar surface area (TPSA) is 67.8 Å². The van der Waals surface area contributed by atoms with E-state index >= 15 is 0 Å². The Morgan fingerprint density at radius 2 is 2.07 bits per heavy atom. The molecule has 0 aromatic heterocycles. The Hall–Kier alpha value is -1.13. The van der Waals surface area contributed by atoms with Gasteiger partial charge in [0.1, 0.15) is 6.61 Å². The van der Waals surface area contributed by atoms with Gasteiger partial charge >= 0.3 is 0 Å². The first-order valence-corrected chi connectivity index (χ1v) is 11.4. The van der Waals surface area contributed by atoms with Crippen molar-refractivity contribution in [3.63, 3.8) is 0 Å². The quantitative estimate of drug-likeness (QED) is 0.314. The average molecular weight is 387 g/mol. The summed E-state index contributed by atoms with van der Waals surface area (Å²) < 4.78 is 0. The molecule has 0 aromatic carbocycles. The van der Waals surface area contributed by atoms with E-state index in [4.69, 9.17) is 10.6 Å². The first-order valence-electron chi connectivity index (χ1n) is 11.4. The van der Waals surface area contributed by atoms with Gasteiger partial charge in [0.15, 0.2) is 0 Å². The van der Waals surface area contributed by atoms with Crippen LogP contribution in [0.5, 0.6) is 0 Å². The second-order valence-electron chi connectivity index (χ2n) is 10.4. The summed E-state index contributed by atoms with van der Waals surface area (Å²) in [4.78, 5) is 5.01. The molecule has 4 heteroatoms. The van der Waals surface area contributed by atoms with E-state index in [1.807, 2.05) is 12.2 Å². The third-order valence-corrected chi connectivity index (χ3v) is 8.82. The van der Waals surface area contributed by atoms with Crippen LogP contribution in [0.25, 0.3) is 0 Å². The molecule has 0 aromatic rings. The molecule has 4 aliphatic rings. The predicted molar refractivity (Wildman–Crippen MR) is 114 cm³/mol. The molecule has 6 atom stereocenters. The highest BCUT2D eigenvalue weighted by Crippen LogP contribution is 2.65. The van der Waals surface area contributed by atoms with Crippen molar-refractivity contribution in [1.82, 2.24) is 0 Å². The Morgan fingerprint density at radius 3 is 2.89 bits per heavy atom. The second kappa shape index (κ2) is 7.60. The van der Waals surface area contributed by atoms with Crippen molar-refractivity contribution in [2.24, 2.45) is 39.5 Å². The summed E-state index contributed by atoms with van der Waals surface area (Å²) in [5, 5.41) is 15.0. The molecule has 28 heavy (non-hydrogen) atoms. The fourth-order valence-electron chi connectivity index (χ4n) is 7.21. The highest BCUT2D eigenvalue weighted by Gasteiger charge is 2.56. The van der Waals surface area contributed by atoms with E-state index in [0.717, 1.165) is 37.0 Å². The zero-order valence-electron chi connectivity index (χ0n) is 17.7. The maximum atomic E-state index is 11.2. The predicted octanol–water partition coefficient (Wildman–Crippen LogP) is 4.59. The van der Waals surface area contributed by atoms with E-state index < -0.39 is 5.60 Å². The number of hydrogen-bond donors (Lipinski definition) is 2. The number of hydrogen-bond acceptors (Lipinski definition) is 4. The molecule has 0 saturated heterocycles. The van der Waals surface area contributed by atoms with E-state index in [2.05, 4.69) is 25.1 Å². The molecule has 0 radical (unpaired) electrons. The van der Waals surface area contributed by atoms with Crippen LogP contribution in [-0.4, -0.2) is 30.1 Å². The smallest absolute Gasteiger partial charge is 0.129 e. The summed E-state index contributed by atoms with van der Waals surface area (Å²) in [6.45, 7) is 5.94. The summed E-state index contributed by atoms with van der Waals surface area (Å²) in [6, 6.07) is 0. The Kier molecular flexibility index (Phi) is 5.47. The largest absolute Gasteiger partial charge is 0.394 e. The van der Waals surface area contributed by atoms with Crippen molar-refractivity contribution in [2.75, 3.05) is 13.2 Å². The number of aliphatic hydroxyl groups is 1. The fourth-order valence-corrected chi connectivity index (χ4v) is 7.21.